The Labute approximate surface area is 291 Å². The standard InChI is InChI=1S/C38H43N9O3/c1-25(2)50-33-11-8-29(21-39-33)35-31-20-30(9-10-32(31)41-42-35)47-19-15-38(37(47)49)14-18-45(23-38)22-34(48)46-16-12-27(13-17-46)26-4-6-28(7-5-26)36-40-24-44(3)43-36/h4-12,20-21,24-25,34,48H,13-19,22-23H2,1-3H3,(H,41,42)/t34-,38-/m0/s1. The van der Waals surface area contributed by atoms with Crippen LogP contribution in [0.15, 0.2) is 73.2 Å². The average molecular weight is 674 g/mol. The number of aromatic amines is 1. The van der Waals surface area contributed by atoms with E-state index >= 15 is 0 Å². The number of carbonyl (C=O) groups is 1. The van der Waals surface area contributed by atoms with Gasteiger partial charge in [-0.25, -0.2) is 9.97 Å². The fourth-order valence-electron chi connectivity index (χ4n) is 7.65. The van der Waals surface area contributed by atoms with Crippen LogP contribution in [0.5, 0.6) is 5.88 Å². The smallest absolute Gasteiger partial charge is 0.234 e. The van der Waals surface area contributed by atoms with Crippen LogP contribution >= 0.6 is 0 Å². The van der Waals surface area contributed by atoms with Crippen molar-refractivity contribution in [1.82, 2.24) is 39.7 Å². The van der Waals surface area contributed by atoms with Crippen LogP contribution in [0.3, 0.4) is 0 Å². The quantitative estimate of drug-likeness (QED) is 0.228. The van der Waals surface area contributed by atoms with Crippen molar-refractivity contribution in [3.05, 3.63) is 78.8 Å². The van der Waals surface area contributed by atoms with Crippen molar-refractivity contribution in [1.29, 1.82) is 0 Å². The van der Waals surface area contributed by atoms with Gasteiger partial charge < -0.3 is 14.7 Å². The largest absolute Gasteiger partial charge is 0.475 e. The van der Waals surface area contributed by atoms with Gasteiger partial charge in [-0.15, -0.1) is 0 Å². The van der Waals surface area contributed by atoms with Crippen molar-refractivity contribution in [3.8, 4) is 28.5 Å². The summed E-state index contributed by atoms with van der Waals surface area (Å²) in [6, 6.07) is 18.3. The van der Waals surface area contributed by atoms with Crippen LogP contribution in [0.2, 0.25) is 0 Å². The number of pyridine rings is 1. The summed E-state index contributed by atoms with van der Waals surface area (Å²) in [6.07, 6.45) is 7.64. The Kier molecular flexibility index (Phi) is 8.46. The third-order valence-corrected chi connectivity index (χ3v) is 10.4. The summed E-state index contributed by atoms with van der Waals surface area (Å²) in [5.74, 6) is 1.47. The van der Waals surface area contributed by atoms with Gasteiger partial charge in [0.05, 0.1) is 17.0 Å². The van der Waals surface area contributed by atoms with Crippen molar-refractivity contribution < 1.29 is 14.6 Å². The molecule has 6 heterocycles. The fourth-order valence-corrected chi connectivity index (χ4v) is 7.65. The number of nitrogens with zero attached hydrogens (tertiary/aromatic N) is 8. The van der Waals surface area contributed by atoms with E-state index in [1.54, 1.807) is 17.2 Å². The number of rotatable bonds is 9. The van der Waals surface area contributed by atoms with E-state index in [2.05, 4.69) is 71.5 Å². The molecule has 2 atom stereocenters. The van der Waals surface area contributed by atoms with Crippen LogP contribution in [0.25, 0.3) is 39.1 Å². The molecule has 1 spiro atoms. The summed E-state index contributed by atoms with van der Waals surface area (Å²) >= 11 is 0. The highest BCUT2D eigenvalue weighted by Crippen LogP contribution is 2.43. The monoisotopic (exact) mass is 673 g/mol. The van der Waals surface area contributed by atoms with E-state index in [-0.39, 0.29) is 12.0 Å². The molecule has 2 fully saturated rings. The van der Waals surface area contributed by atoms with Crippen molar-refractivity contribution in [2.75, 3.05) is 44.2 Å². The molecule has 3 aromatic heterocycles. The Morgan fingerprint density at radius 2 is 1.78 bits per heavy atom. The van der Waals surface area contributed by atoms with Gasteiger partial charge in [0.2, 0.25) is 11.8 Å². The molecule has 0 unspecified atom stereocenters. The highest BCUT2D eigenvalue weighted by Gasteiger charge is 2.51. The number of fused-ring (bicyclic) bond motifs is 1. The number of likely N-dealkylation sites (tertiary alicyclic amines) is 1. The number of benzene rings is 2. The van der Waals surface area contributed by atoms with Gasteiger partial charge in [0.1, 0.15) is 18.2 Å². The van der Waals surface area contributed by atoms with Crippen molar-refractivity contribution in [2.45, 2.75) is 45.4 Å². The molecule has 2 N–H and O–H groups in total. The van der Waals surface area contributed by atoms with E-state index in [1.807, 2.05) is 50.1 Å². The van der Waals surface area contributed by atoms with Crippen LogP contribution in [-0.2, 0) is 11.8 Å². The second-order valence-electron chi connectivity index (χ2n) is 14.1. The van der Waals surface area contributed by atoms with Gasteiger partial charge in [-0.3, -0.25) is 24.4 Å². The number of aliphatic hydroxyl groups is 1. The van der Waals surface area contributed by atoms with Crippen LogP contribution < -0.4 is 9.64 Å². The number of anilines is 1. The summed E-state index contributed by atoms with van der Waals surface area (Å²) in [7, 11) is 1.87. The number of ether oxygens (including phenoxy) is 1. The van der Waals surface area contributed by atoms with Gasteiger partial charge in [-0.1, -0.05) is 30.3 Å². The first-order valence-corrected chi connectivity index (χ1v) is 17.5. The minimum absolute atomic E-state index is 0.0497. The van der Waals surface area contributed by atoms with Gasteiger partial charge in [0.15, 0.2) is 5.82 Å². The molecule has 5 aromatic rings. The van der Waals surface area contributed by atoms with E-state index in [0.717, 1.165) is 71.6 Å². The lowest BCUT2D eigenvalue weighted by atomic mass is 9.85. The van der Waals surface area contributed by atoms with Gasteiger partial charge >= 0.3 is 0 Å². The van der Waals surface area contributed by atoms with Crippen LogP contribution in [0, 0.1) is 5.41 Å². The normalized spacial score (nSPS) is 20.8. The summed E-state index contributed by atoms with van der Waals surface area (Å²) < 4.78 is 7.41. The van der Waals surface area contributed by atoms with Crippen molar-refractivity contribution >= 4 is 28.1 Å². The van der Waals surface area contributed by atoms with E-state index in [4.69, 9.17) is 4.74 Å². The molecule has 2 aromatic carbocycles. The number of aryl methyl sites for hydroxylation is 1. The first-order valence-electron chi connectivity index (χ1n) is 17.5. The molecule has 8 rings (SSSR count). The Morgan fingerprint density at radius 3 is 2.50 bits per heavy atom. The highest BCUT2D eigenvalue weighted by atomic mass is 16.5. The lowest BCUT2D eigenvalue weighted by Gasteiger charge is -2.33. The molecule has 3 aliphatic rings. The number of H-pyrrole nitrogens is 1. The Bertz CT molecular complexity index is 2030. The van der Waals surface area contributed by atoms with Crippen molar-refractivity contribution in [2.24, 2.45) is 12.5 Å². The Morgan fingerprint density at radius 1 is 0.980 bits per heavy atom. The predicted molar refractivity (Wildman–Crippen MR) is 192 cm³/mol. The first-order chi connectivity index (χ1) is 24.2. The lowest BCUT2D eigenvalue weighted by Crippen LogP contribution is -2.46. The van der Waals surface area contributed by atoms with Gasteiger partial charge in [-0.2, -0.15) is 10.2 Å². The predicted octanol–water partition coefficient (Wildman–Crippen LogP) is 4.74. The number of hydrogen-bond acceptors (Lipinski definition) is 9. The van der Waals surface area contributed by atoms with Crippen LogP contribution in [0.4, 0.5) is 5.69 Å². The molecule has 3 aliphatic heterocycles. The zero-order chi connectivity index (χ0) is 34.4. The molecule has 258 valence electrons. The van der Waals surface area contributed by atoms with E-state index in [9.17, 15) is 9.90 Å². The van der Waals surface area contributed by atoms with E-state index in [0.29, 0.717) is 32.1 Å². The maximum absolute atomic E-state index is 14.1. The summed E-state index contributed by atoms with van der Waals surface area (Å²) in [6.45, 7) is 8.10. The molecule has 0 aliphatic carbocycles. The molecule has 1 amide bonds. The third kappa shape index (κ3) is 6.19. The van der Waals surface area contributed by atoms with Crippen molar-refractivity contribution in [3.63, 3.8) is 0 Å². The molecular weight excluding hydrogens is 630 g/mol. The Balaban J connectivity index is 0.887. The summed E-state index contributed by atoms with van der Waals surface area (Å²) in [5.41, 5.74) is 6.52. The average Bonchev–Trinajstić information content (AvgIpc) is 3.92. The number of nitrogens with one attached hydrogen (secondary N) is 1. The van der Waals surface area contributed by atoms with Gasteiger partial charge in [0, 0.05) is 74.2 Å². The molecule has 0 bridgehead atoms. The second-order valence-corrected chi connectivity index (χ2v) is 14.1. The number of aliphatic hydroxyl groups excluding tert-OH is 1. The fraction of sp³-hybridized carbons (Fsp3) is 0.395. The molecule has 12 nitrogen and oxygen atoms in total. The third-order valence-electron chi connectivity index (χ3n) is 10.4. The number of amides is 1. The minimum atomic E-state index is -0.587. The molecule has 2 saturated heterocycles. The first kappa shape index (κ1) is 32.3. The Hall–Kier alpha value is -4.91. The lowest BCUT2D eigenvalue weighted by molar-refractivity contribution is -0.125. The maximum Gasteiger partial charge on any atom is 0.234 e. The van der Waals surface area contributed by atoms with Crippen LogP contribution in [-0.4, -0.2) is 102 Å². The van der Waals surface area contributed by atoms with E-state index in [1.165, 1.54) is 11.1 Å². The molecule has 50 heavy (non-hydrogen) atoms. The number of β-amino-alcohol motifs (C(OH)–C–C–N with tert-alkyl or cyclic N) is 1. The molecular formula is C38H43N9O3. The summed E-state index contributed by atoms with van der Waals surface area (Å²) in [5, 5.41) is 24.3. The number of carbonyl (C=O) groups excluding carboxylic acids is 1. The topological polar surface area (TPSA) is 129 Å². The zero-order valence-corrected chi connectivity index (χ0v) is 28.8. The van der Waals surface area contributed by atoms with Gasteiger partial charge in [0.25, 0.3) is 0 Å². The zero-order valence-electron chi connectivity index (χ0n) is 28.8. The highest BCUT2D eigenvalue weighted by molar-refractivity contribution is 6.03. The molecule has 12 heteroatoms. The molecule has 0 radical (unpaired) electrons. The second kappa shape index (κ2) is 13.1. The number of aromatic nitrogens is 6. The molecule has 0 saturated carbocycles. The maximum atomic E-state index is 14.1. The SMILES string of the molecule is CC(C)Oc1ccc(-c2n[nH]c3ccc(N4CC[C@]5(CCN(C[C@H](O)N6CC=C(c7ccc(-c8ncn(C)n8)cc7)CC6)C5)C4=O)cc23)cn1. The van der Waals surface area contributed by atoms with Crippen LogP contribution in [0.1, 0.15) is 38.7 Å². The summed E-state index contributed by atoms with van der Waals surface area (Å²) in [4.78, 5) is 29.2. The van der Waals surface area contributed by atoms with Gasteiger partial charge in [-0.05, 0) is 75.1 Å². The number of hydrogen-bond donors (Lipinski definition) is 2. The minimum Gasteiger partial charge on any atom is -0.475 e. The van der Waals surface area contributed by atoms with E-state index < -0.39 is 11.6 Å².